The summed E-state index contributed by atoms with van der Waals surface area (Å²) in [6.45, 7) is 2.50. The van der Waals surface area contributed by atoms with Gasteiger partial charge in [0.15, 0.2) is 0 Å². The van der Waals surface area contributed by atoms with Gasteiger partial charge in [-0.3, -0.25) is 4.79 Å². The molecule has 0 aliphatic carbocycles. The van der Waals surface area contributed by atoms with Gasteiger partial charge in [0.05, 0.1) is 22.6 Å². The predicted octanol–water partition coefficient (Wildman–Crippen LogP) is 3.92. The molecule has 1 aromatic heterocycles. The van der Waals surface area contributed by atoms with Gasteiger partial charge in [-0.1, -0.05) is 18.2 Å². The van der Waals surface area contributed by atoms with Gasteiger partial charge in [-0.25, -0.2) is 8.42 Å². The predicted molar refractivity (Wildman–Crippen MR) is 120 cm³/mol. The molecular formula is C24H25N3O4S. The molecule has 1 saturated heterocycles. The van der Waals surface area contributed by atoms with Crippen molar-refractivity contribution in [3.8, 4) is 6.07 Å². The first-order valence-corrected chi connectivity index (χ1v) is 12.0. The first-order chi connectivity index (χ1) is 15.3. The molecule has 1 aliphatic heterocycles. The second kappa shape index (κ2) is 8.77. The molecule has 0 saturated carbocycles. The lowest BCUT2D eigenvalue weighted by Crippen LogP contribution is -2.43. The zero-order valence-electron chi connectivity index (χ0n) is 18.1. The molecule has 1 unspecified atom stereocenters. The molecule has 166 valence electrons. The fourth-order valence-electron chi connectivity index (χ4n) is 4.07. The van der Waals surface area contributed by atoms with Gasteiger partial charge in [-0.05, 0) is 56.2 Å². The Labute approximate surface area is 187 Å². The second-order valence-corrected chi connectivity index (χ2v) is 10.1. The number of furan rings is 1. The Hall–Kier alpha value is -3.15. The number of benzene rings is 2. The maximum Gasteiger partial charge on any atom is 0.243 e. The van der Waals surface area contributed by atoms with E-state index in [1.54, 1.807) is 11.9 Å². The van der Waals surface area contributed by atoms with Gasteiger partial charge in [0.2, 0.25) is 15.9 Å². The number of hydrogen-bond donors (Lipinski definition) is 0. The van der Waals surface area contributed by atoms with Crippen LogP contribution < -0.4 is 0 Å². The van der Waals surface area contributed by atoms with E-state index >= 15 is 0 Å². The number of carbonyl (C=O) groups excluding carboxylic acids is 1. The summed E-state index contributed by atoms with van der Waals surface area (Å²) in [4.78, 5) is 15.0. The van der Waals surface area contributed by atoms with E-state index in [-0.39, 0.29) is 35.9 Å². The first kappa shape index (κ1) is 22.1. The van der Waals surface area contributed by atoms with E-state index in [0.29, 0.717) is 18.4 Å². The van der Waals surface area contributed by atoms with Crippen LogP contribution in [0.15, 0.2) is 63.9 Å². The number of para-hydroxylation sites is 1. The van der Waals surface area contributed by atoms with Crippen molar-refractivity contribution in [1.29, 1.82) is 5.26 Å². The Morgan fingerprint density at radius 1 is 1.16 bits per heavy atom. The maximum atomic E-state index is 13.1. The van der Waals surface area contributed by atoms with Crippen molar-refractivity contribution in [2.45, 2.75) is 30.7 Å². The zero-order valence-corrected chi connectivity index (χ0v) is 18.9. The molecule has 2 aromatic carbocycles. The Kier molecular flexibility index (Phi) is 6.04. The number of piperidine rings is 1. The molecule has 1 atom stereocenters. The van der Waals surface area contributed by atoms with E-state index in [1.165, 1.54) is 28.6 Å². The minimum atomic E-state index is -3.65. The van der Waals surface area contributed by atoms with E-state index in [0.717, 1.165) is 16.7 Å². The highest BCUT2D eigenvalue weighted by molar-refractivity contribution is 7.89. The summed E-state index contributed by atoms with van der Waals surface area (Å²) in [5.41, 5.74) is 1.20. The first-order valence-electron chi connectivity index (χ1n) is 10.6. The Balaban J connectivity index is 1.40. The summed E-state index contributed by atoms with van der Waals surface area (Å²) in [6, 6.07) is 17.3. The fraction of sp³-hybridized carbons (Fsp3) is 0.333. The normalized spacial score (nSPS) is 16.5. The molecule has 32 heavy (non-hydrogen) atoms. The topological polar surface area (TPSA) is 94.6 Å². The number of carbonyl (C=O) groups is 1. The molecule has 3 aromatic rings. The fourth-order valence-corrected chi connectivity index (χ4v) is 5.54. The van der Waals surface area contributed by atoms with Crippen LogP contribution in [-0.4, -0.2) is 43.7 Å². The summed E-state index contributed by atoms with van der Waals surface area (Å²) in [6.07, 6.45) is 0.928. The third kappa shape index (κ3) is 4.14. The average Bonchev–Trinajstić information content (AvgIpc) is 3.27. The van der Waals surface area contributed by atoms with Crippen LogP contribution in [0, 0.1) is 17.2 Å². The van der Waals surface area contributed by atoms with Gasteiger partial charge in [-0.2, -0.15) is 9.57 Å². The number of rotatable bonds is 5. The number of fused-ring (bicyclic) bond motifs is 1. The highest BCUT2D eigenvalue weighted by Crippen LogP contribution is 2.30. The molecule has 8 heteroatoms. The molecular weight excluding hydrogens is 426 g/mol. The Bertz CT molecular complexity index is 1230. The van der Waals surface area contributed by atoms with E-state index < -0.39 is 10.0 Å². The van der Waals surface area contributed by atoms with Crippen LogP contribution in [0.25, 0.3) is 11.0 Å². The van der Waals surface area contributed by atoms with E-state index in [9.17, 15) is 13.2 Å². The highest BCUT2D eigenvalue weighted by atomic mass is 32.2. The molecule has 1 aliphatic rings. The Morgan fingerprint density at radius 3 is 2.44 bits per heavy atom. The number of nitrogens with zero attached hydrogens (tertiary/aromatic N) is 3. The summed E-state index contributed by atoms with van der Waals surface area (Å²) in [7, 11) is -1.88. The van der Waals surface area contributed by atoms with Crippen molar-refractivity contribution >= 4 is 26.9 Å². The zero-order chi connectivity index (χ0) is 22.9. The van der Waals surface area contributed by atoms with Gasteiger partial charge < -0.3 is 9.32 Å². The lowest BCUT2D eigenvalue weighted by molar-refractivity contribution is -0.137. The van der Waals surface area contributed by atoms with Gasteiger partial charge in [0, 0.05) is 31.4 Å². The summed E-state index contributed by atoms with van der Waals surface area (Å²) < 4.78 is 33.2. The molecule has 1 amide bonds. The lowest BCUT2D eigenvalue weighted by Gasteiger charge is -2.34. The van der Waals surface area contributed by atoms with Crippen molar-refractivity contribution in [3.05, 3.63) is 65.9 Å². The van der Waals surface area contributed by atoms with Crippen LogP contribution >= 0.6 is 0 Å². The van der Waals surface area contributed by atoms with Crippen LogP contribution in [-0.2, 0) is 14.8 Å². The molecule has 0 spiro atoms. The molecule has 0 bridgehead atoms. The molecule has 4 rings (SSSR count). The van der Waals surface area contributed by atoms with Crippen LogP contribution in [0.1, 0.15) is 37.1 Å². The van der Waals surface area contributed by atoms with E-state index in [4.69, 9.17) is 9.68 Å². The summed E-state index contributed by atoms with van der Waals surface area (Å²) in [5.74, 6) is 0.482. The minimum Gasteiger partial charge on any atom is -0.459 e. The molecule has 2 heterocycles. The monoisotopic (exact) mass is 451 g/mol. The van der Waals surface area contributed by atoms with Crippen LogP contribution in [0.5, 0.6) is 0 Å². The van der Waals surface area contributed by atoms with Crippen LogP contribution in [0.2, 0.25) is 0 Å². The maximum absolute atomic E-state index is 13.1. The summed E-state index contributed by atoms with van der Waals surface area (Å²) in [5, 5.41) is 9.90. The van der Waals surface area contributed by atoms with Crippen molar-refractivity contribution < 1.29 is 17.6 Å². The number of sulfonamides is 1. The second-order valence-electron chi connectivity index (χ2n) is 8.13. The van der Waals surface area contributed by atoms with Crippen LogP contribution in [0.3, 0.4) is 0 Å². The largest absolute Gasteiger partial charge is 0.459 e. The number of nitriles is 1. The molecule has 0 N–H and O–H groups in total. The third-order valence-electron chi connectivity index (χ3n) is 6.21. The lowest BCUT2D eigenvalue weighted by atomic mass is 9.96. The average molecular weight is 452 g/mol. The smallest absolute Gasteiger partial charge is 0.243 e. The van der Waals surface area contributed by atoms with E-state index in [1.807, 2.05) is 43.3 Å². The Morgan fingerprint density at radius 2 is 1.81 bits per heavy atom. The number of hydrogen-bond acceptors (Lipinski definition) is 5. The summed E-state index contributed by atoms with van der Waals surface area (Å²) >= 11 is 0. The van der Waals surface area contributed by atoms with Gasteiger partial charge in [0.25, 0.3) is 0 Å². The van der Waals surface area contributed by atoms with Gasteiger partial charge in [0.1, 0.15) is 11.3 Å². The van der Waals surface area contributed by atoms with Crippen LogP contribution in [0.4, 0.5) is 0 Å². The molecule has 7 nitrogen and oxygen atoms in total. The molecule has 0 radical (unpaired) electrons. The molecule has 1 fully saturated rings. The standard InChI is InChI=1S/C24H25N3O4S/c1-17(23-15-20-5-3-4-6-22(20)31-23)26(2)24(28)19-11-13-27(14-12-19)32(29,30)21-9-7-18(16-25)8-10-21/h3-10,15,17,19H,11-14H2,1-2H3. The van der Waals surface area contributed by atoms with Crippen molar-refractivity contribution in [3.63, 3.8) is 0 Å². The number of amides is 1. The van der Waals surface area contributed by atoms with Crippen molar-refractivity contribution in [2.24, 2.45) is 5.92 Å². The minimum absolute atomic E-state index is 0.00613. The quantitative estimate of drug-likeness (QED) is 0.586. The van der Waals surface area contributed by atoms with E-state index in [2.05, 4.69) is 0 Å². The van der Waals surface area contributed by atoms with Gasteiger partial charge in [-0.15, -0.1) is 0 Å². The SMILES string of the molecule is CC(c1cc2ccccc2o1)N(C)C(=O)C1CCN(S(=O)(=O)c2ccc(C#N)cc2)CC1. The van der Waals surface area contributed by atoms with Crippen molar-refractivity contribution in [1.82, 2.24) is 9.21 Å². The third-order valence-corrected chi connectivity index (χ3v) is 8.12. The van der Waals surface area contributed by atoms with Crippen molar-refractivity contribution in [2.75, 3.05) is 20.1 Å². The highest BCUT2D eigenvalue weighted by Gasteiger charge is 2.34. The van der Waals surface area contributed by atoms with Gasteiger partial charge >= 0.3 is 0 Å².